The molecular formula is C19H25Cl2N5O. The van der Waals surface area contributed by atoms with Crippen LogP contribution in [0.3, 0.4) is 0 Å². The maximum atomic E-state index is 11.6. The van der Waals surface area contributed by atoms with Crippen LogP contribution in [-0.4, -0.2) is 23.5 Å². The van der Waals surface area contributed by atoms with Gasteiger partial charge in [0.15, 0.2) is 5.96 Å². The van der Waals surface area contributed by atoms with Gasteiger partial charge in [-0.1, -0.05) is 42.3 Å². The number of nitrogens with one attached hydrogen (secondary N) is 3. The van der Waals surface area contributed by atoms with E-state index in [1.807, 2.05) is 48.9 Å². The smallest absolute Gasteiger partial charge is 0.224 e. The van der Waals surface area contributed by atoms with Crippen molar-refractivity contribution in [1.82, 2.24) is 15.2 Å². The van der Waals surface area contributed by atoms with Gasteiger partial charge in [-0.05, 0) is 30.2 Å². The Morgan fingerprint density at radius 3 is 2.37 bits per heavy atom. The summed E-state index contributed by atoms with van der Waals surface area (Å²) >= 11 is 12.1. The molecular weight excluding hydrogens is 385 g/mol. The van der Waals surface area contributed by atoms with E-state index >= 15 is 0 Å². The summed E-state index contributed by atoms with van der Waals surface area (Å²) in [4.78, 5) is 15.8. The van der Waals surface area contributed by atoms with E-state index < -0.39 is 0 Å². The van der Waals surface area contributed by atoms with E-state index in [1.165, 1.54) is 0 Å². The monoisotopic (exact) mass is 409 g/mol. The Balaban J connectivity index is 1.85. The summed E-state index contributed by atoms with van der Waals surface area (Å²) in [6, 6.07) is 9.57. The first-order valence-corrected chi connectivity index (χ1v) is 9.53. The third-order valence-corrected chi connectivity index (χ3v) is 4.89. The van der Waals surface area contributed by atoms with Crippen molar-refractivity contribution in [3.63, 3.8) is 0 Å². The molecule has 0 spiro atoms. The van der Waals surface area contributed by atoms with Gasteiger partial charge >= 0.3 is 0 Å². The fourth-order valence-corrected chi connectivity index (χ4v) is 2.91. The number of aliphatic imine (C=N–C) groups is 1. The molecule has 2 rings (SSSR count). The molecule has 0 radical (unpaired) electrons. The van der Waals surface area contributed by atoms with E-state index in [1.54, 1.807) is 7.05 Å². The Labute approximate surface area is 170 Å². The molecule has 0 fully saturated rings. The number of hydrogen-bond donors (Lipinski definition) is 3. The molecule has 3 N–H and O–H groups in total. The van der Waals surface area contributed by atoms with Crippen LogP contribution >= 0.6 is 23.2 Å². The minimum Gasteiger partial charge on any atom is -0.352 e. The van der Waals surface area contributed by atoms with Crippen molar-refractivity contribution >= 4 is 40.8 Å². The predicted molar refractivity (Wildman–Crippen MR) is 112 cm³/mol. The van der Waals surface area contributed by atoms with Gasteiger partial charge in [-0.3, -0.25) is 9.79 Å². The Bertz CT molecular complexity index is 799. The van der Waals surface area contributed by atoms with Crippen molar-refractivity contribution in [2.45, 2.75) is 32.9 Å². The number of carbonyl (C=O) groups excluding carboxylic acids is 1. The number of amides is 1. The highest BCUT2D eigenvalue weighted by atomic mass is 35.5. The fraction of sp³-hybridized carbons (Fsp3) is 0.368. The summed E-state index contributed by atoms with van der Waals surface area (Å²) in [7, 11) is 3.58. The molecule has 0 saturated heterocycles. The summed E-state index contributed by atoms with van der Waals surface area (Å²) in [6.07, 6.45) is 1.37. The van der Waals surface area contributed by atoms with Crippen LogP contribution in [0.15, 0.2) is 35.3 Å². The van der Waals surface area contributed by atoms with Crippen LogP contribution in [0, 0.1) is 0 Å². The van der Waals surface area contributed by atoms with Crippen LogP contribution in [0.5, 0.6) is 0 Å². The van der Waals surface area contributed by atoms with E-state index in [9.17, 15) is 4.79 Å². The van der Waals surface area contributed by atoms with Gasteiger partial charge in [0.25, 0.3) is 0 Å². The summed E-state index contributed by atoms with van der Waals surface area (Å²) in [6.45, 7) is 3.14. The first-order valence-electron chi connectivity index (χ1n) is 8.77. The topological polar surface area (TPSA) is 70.4 Å². The number of benzene rings is 1. The lowest BCUT2D eigenvalue weighted by Crippen LogP contribution is -2.36. The highest BCUT2D eigenvalue weighted by Crippen LogP contribution is 2.24. The number of halogens is 2. The maximum Gasteiger partial charge on any atom is 0.224 e. The van der Waals surface area contributed by atoms with E-state index in [0.29, 0.717) is 35.6 Å². The first kappa shape index (κ1) is 21.1. The van der Waals surface area contributed by atoms with Gasteiger partial charge in [-0.2, -0.15) is 0 Å². The second-order valence-corrected chi connectivity index (χ2v) is 6.87. The van der Waals surface area contributed by atoms with E-state index in [4.69, 9.17) is 23.2 Å². The van der Waals surface area contributed by atoms with E-state index in [2.05, 4.69) is 20.9 Å². The standard InChI is InChI=1S/C19H25Cl2N5O/c1-4-5-17(27)25-14-8-6-13(7-9-14)11-23-19(22-2)24-12-15-10-16(20)18(21)26(15)3/h6-10H,4-5,11-12H2,1-3H3,(H,25,27)(H2,22,23,24). The van der Waals surface area contributed by atoms with Crippen molar-refractivity contribution in [2.24, 2.45) is 12.0 Å². The lowest BCUT2D eigenvalue weighted by Gasteiger charge is -2.13. The lowest BCUT2D eigenvalue weighted by molar-refractivity contribution is -0.116. The minimum absolute atomic E-state index is 0.0360. The molecule has 2 aromatic rings. The Hall–Kier alpha value is -2.18. The number of anilines is 1. The van der Waals surface area contributed by atoms with Gasteiger partial charge in [0, 0.05) is 38.4 Å². The lowest BCUT2D eigenvalue weighted by atomic mass is 10.2. The second kappa shape index (κ2) is 10.2. The molecule has 0 saturated carbocycles. The Morgan fingerprint density at radius 2 is 1.81 bits per heavy atom. The van der Waals surface area contributed by atoms with Crippen LogP contribution in [-0.2, 0) is 24.9 Å². The minimum atomic E-state index is 0.0360. The molecule has 0 aliphatic rings. The summed E-state index contributed by atoms with van der Waals surface area (Å²) in [5.41, 5.74) is 2.84. The third kappa shape index (κ3) is 6.19. The molecule has 0 atom stereocenters. The first-order chi connectivity index (χ1) is 12.9. The SMILES string of the molecule is CCCC(=O)Nc1ccc(CNC(=NC)NCc2cc(Cl)c(Cl)n2C)cc1. The Morgan fingerprint density at radius 1 is 1.15 bits per heavy atom. The molecule has 146 valence electrons. The zero-order valence-electron chi connectivity index (χ0n) is 15.8. The quantitative estimate of drug-likeness (QED) is 0.479. The van der Waals surface area contributed by atoms with Crippen molar-refractivity contribution < 1.29 is 4.79 Å². The van der Waals surface area contributed by atoms with Crippen LogP contribution in [0.1, 0.15) is 31.0 Å². The number of aromatic nitrogens is 1. The summed E-state index contributed by atoms with van der Waals surface area (Å²) in [5.74, 6) is 0.706. The average molecular weight is 410 g/mol. The van der Waals surface area contributed by atoms with Crippen LogP contribution < -0.4 is 16.0 Å². The van der Waals surface area contributed by atoms with Gasteiger partial charge in [-0.25, -0.2) is 0 Å². The van der Waals surface area contributed by atoms with Crippen LogP contribution in [0.2, 0.25) is 10.2 Å². The van der Waals surface area contributed by atoms with Gasteiger partial charge < -0.3 is 20.5 Å². The molecule has 1 aromatic carbocycles. The average Bonchev–Trinajstić information content (AvgIpc) is 2.90. The van der Waals surface area contributed by atoms with E-state index in [-0.39, 0.29) is 5.91 Å². The van der Waals surface area contributed by atoms with Gasteiger partial charge in [0.1, 0.15) is 5.15 Å². The zero-order valence-corrected chi connectivity index (χ0v) is 17.3. The van der Waals surface area contributed by atoms with Gasteiger partial charge in [0.05, 0.1) is 11.6 Å². The number of nitrogens with zero attached hydrogens (tertiary/aromatic N) is 2. The molecule has 0 bridgehead atoms. The number of carbonyl (C=O) groups is 1. The number of rotatable bonds is 7. The van der Waals surface area contributed by atoms with Gasteiger partial charge in [-0.15, -0.1) is 0 Å². The number of hydrogen-bond acceptors (Lipinski definition) is 2. The van der Waals surface area contributed by atoms with Crippen LogP contribution in [0.4, 0.5) is 5.69 Å². The molecule has 1 aromatic heterocycles. The molecule has 1 heterocycles. The molecule has 1 amide bonds. The summed E-state index contributed by atoms with van der Waals surface area (Å²) in [5, 5.41) is 10.4. The normalized spacial score (nSPS) is 11.4. The number of guanidine groups is 1. The van der Waals surface area contributed by atoms with E-state index in [0.717, 1.165) is 23.4 Å². The molecule has 27 heavy (non-hydrogen) atoms. The largest absolute Gasteiger partial charge is 0.352 e. The predicted octanol–water partition coefficient (Wildman–Crippen LogP) is 3.94. The summed E-state index contributed by atoms with van der Waals surface area (Å²) < 4.78 is 1.83. The fourth-order valence-electron chi connectivity index (χ4n) is 2.50. The van der Waals surface area contributed by atoms with Gasteiger partial charge in [0.2, 0.25) is 5.91 Å². The maximum absolute atomic E-state index is 11.6. The molecule has 0 unspecified atom stereocenters. The highest BCUT2D eigenvalue weighted by molar-refractivity contribution is 6.41. The molecule has 0 aliphatic carbocycles. The highest BCUT2D eigenvalue weighted by Gasteiger charge is 2.09. The van der Waals surface area contributed by atoms with Crippen molar-refractivity contribution in [1.29, 1.82) is 0 Å². The van der Waals surface area contributed by atoms with Crippen molar-refractivity contribution in [3.05, 3.63) is 51.8 Å². The molecule has 0 aliphatic heterocycles. The molecule has 8 heteroatoms. The van der Waals surface area contributed by atoms with Crippen LogP contribution in [0.25, 0.3) is 0 Å². The second-order valence-electron chi connectivity index (χ2n) is 6.11. The van der Waals surface area contributed by atoms with Crippen molar-refractivity contribution in [3.8, 4) is 0 Å². The van der Waals surface area contributed by atoms with Crippen molar-refractivity contribution in [2.75, 3.05) is 12.4 Å². The molecule has 6 nitrogen and oxygen atoms in total. The Kier molecular flexibility index (Phi) is 8.00. The third-order valence-electron chi connectivity index (χ3n) is 4.05. The zero-order chi connectivity index (χ0) is 19.8.